The molecule has 244 valence electrons. The quantitative estimate of drug-likeness (QED) is 0.281. The highest BCUT2D eigenvalue weighted by atomic mass is 19.4. The number of aromatic nitrogens is 3. The topological polar surface area (TPSA) is 98.9 Å². The lowest BCUT2D eigenvalue weighted by molar-refractivity contribution is -0.139. The van der Waals surface area contributed by atoms with E-state index in [4.69, 9.17) is 19.2 Å². The van der Waals surface area contributed by atoms with Gasteiger partial charge >= 0.3 is 12.1 Å². The highest BCUT2D eigenvalue weighted by Crippen LogP contribution is 2.40. The molecule has 1 fully saturated rings. The van der Waals surface area contributed by atoms with Crippen molar-refractivity contribution in [1.82, 2.24) is 19.7 Å². The maximum absolute atomic E-state index is 14.6. The first-order valence-electron chi connectivity index (χ1n) is 15.6. The van der Waals surface area contributed by atoms with E-state index in [1.54, 1.807) is 31.2 Å². The molecule has 9 nitrogen and oxygen atoms in total. The Balaban J connectivity index is 1.27. The van der Waals surface area contributed by atoms with Gasteiger partial charge in [0.25, 0.3) is 0 Å². The lowest BCUT2D eigenvalue weighted by Crippen LogP contribution is -2.42. The van der Waals surface area contributed by atoms with Crippen LogP contribution < -0.4 is 4.74 Å². The number of hydrogen-bond acceptors (Lipinski definition) is 7. The van der Waals surface area contributed by atoms with Crippen LogP contribution in [0.4, 0.5) is 13.2 Å². The van der Waals surface area contributed by atoms with Gasteiger partial charge in [-0.2, -0.15) is 23.0 Å². The van der Waals surface area contributed by atoms with Gasteiger partial charge in [-0.25, -0.2) is 9.78 Å². The van der Waals surface area contributed by atoms with Crippen molar-refractivity contribution in [2.45, 2.75) is 71.3 Å². The van der Waals surface area contributed by atoms with Crippen LogP contribution in [0.25, 0.3) is 11.4 Å². The molecule has 0 amide bonds. The zero-order valence-corrected chi connectivity index (χ0v) is 25.9. The molecule has 1 saturated heterocycles. The van der Waals surface area contributed by atoms with Gasteiger partial charge in [-0.15, -0.1) is 0 Å². The fourth-order valence-electron chi connectivity index (χ4n) is 6.62. The number of carboxylic acids is 1. The fourth-order valence-corrected chi connectivity index (χ4v) is 6.62. The van der Waals surface area contributed by atoms with Crippen molar-refractivity contribution in [3.8, 4) is 11.7 Å². The number of rotatable bonds is 9. The SMILES string of the molecule is CCOc1c(C(=O)O)cnn1-c1cccc(C2=CCCC(C)=C2OCc2ccc3c(c2C(F)(F)F)CCN(C2CCOCC2)C3)n1. The molecule has 0 bridgehead atoms. The molecule has 1 aromatic carbocycles. The monoisotopic (exact) mass is 638 g/mol. The summed E-state index contributed by atoms with van der Waals surface area (Å²) in [7, 11) is 0. The number of fused-ring (bicyclic) bond motifs is 1. The molecule has 0 radical (unpaired) electrons. The van der Waals surface area contributed by atoms with E-state index in [0.717, 1.165) is 24.0 Å². The first-order valence-corrected chi connectivity index (χ1v) is 15.6. The van der Waals surface area contributed by atoms with Gasteiger partial charge in [0.2, 0.25) is 5.88 Å². The van der Waals surface area contributed by atoms with Crippen LogP contribution in [-0.2, 0) is 35.2 Å². The molecule has 2 aliphatic heterocycles. The first kappa shape index (κ1) is 31.8. The molecule has 1 aliphatic carbocycles. The number of nitrogens with zero attached hydrogens (tertiary/aromatic N) is 4. The Morgan fingerprint density at radius 3 is 2.67 bits per heavy atom. The Morgan fingerprint density at radius 2 is 1.93 bits per heavy atom. The molecule has 3 aliphatic rings. The fraction of sp³-hybridized carbons (Fsp3) is 0.441. The van der Waals surface area contributed by atoms with E-state index in [1.165, 1.54) is 10.9 Å². The van der Waals surface area contributed by atoms with Gasteiger partial charge < -0.3 is 19.3 Å². The van der Waals surface area contributed by atoms with Crippen LogP contribution >= 0.6 is 0 Å². The third kappa shape index (κ3) is 6.41. The average Bonchev–Trinajstić information content (AvgIpc) is 3.48. The Morgan fingerprint density at radius 1 is 1.13 bits per heavy atom. The Labute approximate surface area is 265 Å². The minimum atomic E-state index is -4.52. The van der Waals surface area contributed by atoms with Crippen molar-refractivity contribution in [3.05, 3.63) is 87.4 Å². The van der Waals surface area contributed by atoms with Crippen molar-refractivity contribution in [2.24, 2.45) is 0 Å². The second-order valence-electron chi connectivity index (χ2n) is 11.7. The largest absolute Gasteiger partial charge is 0.488 e. The third-order valence-corrected chi connectivity index (χ3v) is 8.85. The number of allylic oxidation sites excluding steroid dienone is 3. The van der Waals surface area contributed by atoms with Crippen molar-refractivity contribution in [3.63, 3.8) is 0 Å². The summed E-state index contributed by atoms with van der Waals surface area (Å²) in [5.41, 5.74) is 2.60. The second-order valence-corrected chi connectivity index (χ2v) is 11.7. The standard InChI is InChI=1S/C34H37F3N4O5/c1-3-45-32-27(33(42)43)18-38-41(32)29-9-5-8-28(39-29)26-7-4-6-21(2)31(26)46-20-23-11-10-22-19-40(24-13-16-44-17-14-24)15-12-25(22)30(23)34(35,36)37/h5,7-11,18,24H,3-4,6,12-17,19-20H2,1-2H3,(H,42,43). The smallest absolute Gasteiger partial charge is 0.417 e. The summed E-state index contributed by atoms with van der Waals surface area (Å²) in [6.45, 7) is 6.09. The van der Waals surface area contributed by atoms with Gasteiger partial charge in [0.1, 0.15) is 17.9 Å². The van der Waals surface area contributed by atoms with Crippen LogP contribution in [-0.4, -0.2) is 63.1 Å². The highest BCUT2D eigenvalue weighted by Gasteiger charge is 2.39. The van der Waals surface area contributed by atoms with E-state index < -0.39 is 17.7 Å². The van der Waals surface area contributed by atoms with Gasteiger partial charge in [-0.3, -0.25) is 4.90 Å². The number of ether oxygens (including phenoxy) is 3. The van der Waals surface area contributed by atoms with Crippen LogP contribution in [0.5, 0.6) is 5.88 Å². The highest BCUT2D eigenvalue weighted by molar-refractivity contribution is 5.90. The van der Waals surface area contributed by atoms with Gasteiger partial charge in [0.05, 0.1) is 24.1 Å². The summed E-state index contributed by atoms with van der Waals surface area (Å²) in [5.74, 6) is -0.291. The van der Waals surface area contributed by atoms with Gasteiger partial charge in [0, 0.05) is 43.5 Å². The van der Waals surface area contributed by atoms with E-state index in [2.05, 4.69) is 10.00 Å². The van der Waals surface area contributed by atoms with Crippen LogP contribution in [0.2, 0.25) is 0 Å². The number of halogens is 3. The van der Waals surface area contributed by atoms with Crippen LogP contribution in [0.15, 0.2) is 53.9 Å². The predicted molar refractivity (Wildman–Crippen MR) is 164 cm³/mol. The number of carbonyl (C=O) groups is 1. The molecule has 1 N–H and O–H groups in total. The van der Waals surface area contributed by atoms with Crippen molar-refractivity contribution in [1.29, 1.82) is 0 Å². The zero-order chi connectivity index (χ0) is 32.4. The molecule has 0 atom stereocenters. The van der Waals surface area contributed by atoms with Crippen LogP contribution in [0, 0.1) is 0 Å². The lowest BCUT2D eigenvalue weighted by atomic mass is 9.89. The summed E-state index contributed by atoms with van der Waals surface area (Å²) < 4.78 is 62.6. The molecule has 0 spiro atoms. The van der Waals surface area contributed by atoms with E-state index in [1.807, 2.05) is 19.1 Å². The van der Waals surface area contributed by atoms with Crippen molar-refractivity contribution < 1.29 is 37.3 Å². The summed E-state index contributed by atoms with van der Waals surface area (Å²) in [6.07, 6.45) is 2.19. The lowest BCUT2D eigenvalue weighted by Gasteiger charge is -2.38. The van der Waals surface area contributed by atoms with E-state index in [0.29, 0.717) is 80.0 Å². The number of alkyl halides is 3. The van der Waals surface area contributed by atoms with E-state index in [-0.39, 0.29) is 30.2 Å². The molecular weight excluding hydrogens is 601 g/mol. The summed E-state index contributed by atoms with van der Waals surface area (Å²) in [5, 5.41) is 13.8. The minimum absolute atomic E-state index is 0.0587. The van der Waals surface area contributed by atoms with E-state index in [9.17, 15) is 23.1 Å². The molecule has 0 unspecified atom stereocenters. The number of carboxylic acid groups (broad SMARTS) is 1. The molecule has 4 heterocycles. The van der Waals surface area contributed by atoms with E-state index >= 15 is 0 Å². The normalized spacial score (nSPS) is 17.9. The number of hydrogen-bond donors (Lipinski definition) is 1. The van der Waals surface area contributed by atoms with Crippen molar-refractivity contribution in [2.75, 3.05) is 26.4 Å². The molecule has 6 rings (SSSR count). The second kappa shape index (κ2) is 13.3. The summed E-state index contributed by atoms with van der Waals surface area (Å²) >= 11 is 0. The molecule has 12 heteroatoms. The summed E-state index contributed by atoms with van der Waals surface area (Å²) in [4.78, 5) is 18.7. The molecule has 2 aromatic heterocycles. The number of pyridine rings is 1. The molecule has 0 saturated carbocycles. The molecular formula is C34H37F3N4O5. The molecule has 46 heavy (non-hydrogen) atoms. The Bertz CT molecular complexity index is 1670. The van der Waals surface area contributed by atoms with Gasteiger partial charge in [-0.1, -0.05) is 24.3 Å². The summed E-state index contributed by atoms with van der Waals surface area (Å²) in [6, 6.07) is 8.93. The van der Waals surface area contributed by atoms with Gasteiger partial charge in [0.15, 0.2) is 5.82 Å². The maximum Gasteiger partial charge on any atom is 0.417 e. The number of aromatic carboxylic acids is 1. The zero-order valence-electron chi connectivity index (χ0n) is 25.9. The third-order valence-electron chi connectivity index (χ3n) is 8.85. The molecule has 3 aromatic rings. The average molecular weight is 639 g/mol. The Hall–Kier alpha value is -4.16. The van der Waals surface area contributed by atoms with Crippen LogP contribution in [0.3, 0.4) is 0 Å². The minimum Gasteiger partial charge on any atom is -0.488 e. The van der Waals surface area contributed by atoms with Gasteiger partial charge in [-0.05, 0) is 74.8 Å². The first-order chi connectivity index (χ1) is 22.2. The van der Waals surface area contributed by atoms with Crippen molar-refractivity contribution >= 4 is 11.5 Å². The van der Waals surface area contributed by atoms with Crippen LogP contribution in [0.1, 0.15) is 77.8 Å². The maximum atomic E-state index is 14.6. The number of benzene rings is 1. The predicted octanol–water partition coefficient (Wildman–Crippen LogP) is 6.59. The Kier molecular flexibility index (Phi) is 9.19.